The Balaban J connectivity index is 1.82. The molecule has 2 atom stereocenters. The van der Waals surface area contributed by atoms with Gasteiger partial charge in [-0.15, -0.1) is 0 Å². The van der Waals surface area contributed by atoms with Crippen LogP contribution in [0.1, 0.15) is 30.1 Å². The largest absolute Gasteiger partial charge is 0.324 e. The number of nitrogens with zero attached hydrogens (tertiary/aromatic N) is 2. The summed E-state index contributed by atoms with van der Waals surface area (Å²) in [4.78, 5) is 28.4. The molecule has 1 aromatic heterocycles. The zero-order valence-corrected chi connectivity index (χ0v) is 12.7. The zero-order chi connectivity index (χ0) is 14.6. The zero-order valence-electron chi connectivity index (χ0n) is 11.1. The summed E-state index contributed by atoms with van der Waals surface area (Å²) in [6, 6.07) is 3.36. The highest BCUT2D eigenvalue weighted by atomic mass is 32.2. The number of thioether (sulfide) groups is 1. The maximum atomic E-state index is 12.3. The lowest BCUT2D eigenvalue weighted by Gasteiger charge is -2.27. The van der Waals surface area contributed by atoms with Gasteiger partial charge in [0.05, 0.1) is 10.2 Å². The Morgan fingerprint density at radius 1 is 1.29 bits per heavy atom. The second-order valence-electron chi connectivity index (χ2n) is 5.34. The number of aliphatic imine (C=N–C) groups is 1. The molecule has 0 N–H and O–H groups in total. The Labute approximate surface area is 129 Å². The van der Waals surface area contributed by atoms with Crippen molar-refractivity contribution in [2.75, 3.05) is 5.75 Å². The number of hydrogen-bond acceptors (Lipinski definition) is 6. The van der Waals surface area contributed by atoms with E-state index in [9.17, 15) is 14.9 Å². The molecule has 7 heteroatoms. The number of hydrogen-bond donors (Lipinski definition) is 0. The van der Waals surface area contributed by atoms with E-state index in [2.05, 4.69) is 0 Å². The van der Waals surface area contributed by atoms with E-state index in [0.717, 1.165) is 40.5 Å². The average Bonchev–Trinajstić information content (AvgIpc) is 3.16. The van der Waals surface area contributed by atoms with E-state index >= 15 is 0 Å². The maximum absolute atomic E-state index is 12.3. The van der Waals surface area contributed by atoms with Gasteiger partial charge in [0.2, 0.25) is 0 Å². The summed E-state index contributed by atoms with van der Waals surface area (Å²) in [5.41, 5.74) is 2.90. The molecule has 1 saturated heterocycles. The van der Waals surface area contributed by atoms with Gasteiger partial charge in [0.1, 0.15) is 0 Å². The van der Waals surface area contributed by atoms with Crippen molar-refractivity contribution in [3.63, 3.8) is 0 Å². The minimum absolute atomic E-state index is 0.0336. The first-order chi connectivity index (χ1) is 10.1. The summed E-state index contributed by atoms with van der Waals surface area (Å²) in [7, 11) is 0. The highest BCUT2D eigenvalue weighted by Gasteiger charge is 2.44. The van der Waals surface area contributed by atoms with E-state index < -0.39 is 0 Å². The van der Waals surface area contributed by atoms with Crippen molar-refractivity contribution in [2.24, 2.45) is 4.99 Å². The number of thiophene rings is 1. The number of rotatable bonds is 2. The first-order valence-electron chi connectivity index (χ1n) is 6.84. The molecule has 3 aliphatic rings. The molecule has 3 heterocycles. The van der Waals surface area contributed by atoms with Gasteiger partial charge in [-0.2, -0.15) is 11.8 Å². The van der Waals surface area contributed by atoms with Crippen molar-refractivity contribution in [2.45, 2.75) is 30.4 Å². The fraction of sp³-hybridized carbons (Fsp3) is 0.429. The van der Waals surface area contributed by atoms with Gasteiger partial charge in [0.15, 0.2) is 5.78 Å². The van der Waals surface area contributed by atoms with Crippen molar-refractivity contribution in [1.82, 2.24) is 0 Å². The van der Waals surface area contributed by atoms with E-state index in [1.807, 2.05) is 17.8 Å². The molecule has 1 aliphatic carbocycles. The van der Waals surface area contributed by atoms with Crippen molar-refractivity contribution in [3.05, 3.63) is 38.4 Å². The minimum atomic E-state index is -0.362. The van der Waals surface area contributed by atoms with Gasteiger partial charge >= 0.3 is 5.00 Å². The smallest absolute Gasteiger partial charge is 0.294 e. The highest BCUT2D eigenvalue weighted by molar-refractivity contribution is 8.01. The Morgan fingerprint density at radius 2 is 2.14 bits per heavy atom. The Hall–Kier alpha value is -1.47. The third-order valence-electron chi connectivity index (χ3n) is 4.18. The van der Waals surface area contributed by atoms with Crippen LogP contribution < -0.4 is 0 Å². The van der Waals surface area contributed by atoms with Crippen LogP contribution in [0.15, 0.2) is 28.4 Å². The summed E-state index contributed by atoms with van der Waals surface area (Å²) >= 11 is 3.01. The Kier molecular flexibility index (Phi) is 3.00. The number of carbonyl (C=O) groups is 1. The van der Waals surface area contributed by atoms with Crippen LogP contribution in [-0.2, 0) is 4.79 Å². The van der Waals surface area contributed by atoms with E-state index in [4.69, 9.17) is 4.99 Å². The predicted octanol–water partition coefficient (Wildman–Crippen LogP) is 3.32. The van der Waals surface area contributed by atoms with E-state index in [1.54, 1.807) is 6.07 Å². The lowest BCUT2D eigenvalue weighted by molar-refractivity contribution is -0.380. The third kappa shape index (κ3) is 1.98. The normalized spacial score (nSPS) is 27.6. The summed E-state index contributed by atoms with van der Waals surface area (Å²) in [6.07, 6.45) is 2.21. The van der Waals surface area contributed by atoms with Gasteiger partial charge < -0.3 is 0 Å². The van der Waals surface area contributed by atoms with E-state index in [-0.39, 0.29) is 26.9 Å². The Morgan fingerprint density at radius 3 is 2.90 bits per heavy atom. The molecule has 21 heavy (non-hydrogen) atoms. The molecule has 0 saturated carbocycles. The summed E-state index contributed by atoms with van der Waals surface area (Å²) in [6.45, 7) is 0. The number of Topliss-reactive ketones (excluding diaryl/α,β-unsaturated/α-hetero) is 1. The molecular formula is C14H12N2O3S2. The first kappa shape index (κ1) is 13.2. The Bertz CT molecular complexity index is 720. The van der Waals surface area contributed by atoms with Crippen LogP contribution in [0, 0.1) is 10.1 Å². The van der Waals surface area contributed by atoms with Crippen LogP contribution in [0.3, 0.4) is 0 Å². The number of carbonyl (C=O) groups excluding carboxylic acids is 1. The quantitative estimate of drug-likeness (QED) is 0.619. The van der Waals surface area contributed by atoms with Crippen molar-refractivity contribution in [1.29, 1.82) is 0 Å². The minimum Gasteiger partial charge on any atom is -0.294 e. The van der Waals surface area contributed by atoms with E-state index in [0.29, 0.717) is 6.42 Å². The lowest BCUT2D eigenvalue weighted by atomic mass is 9.87. The fourth-order valence-corrected chi connectivity index (χ4v) is 5.77. The molecule has 0 amide bonds. The van der Waals surface area contributed by atoms with Crippen LogP contribution in [-0.4, -0.2) is 27.4 Å². The predicted molar refractivity (Wildman–Crippen MR) is 83.3 cm³/mol. The third-order valence-corrected chi connectivity index (χ3v) is 6.64. The van der Waals surface area contributed by atoms with Crippen molar-refractivity contribution in [3.8, 4) is 0 Å². The summed E-state index contributed by atoms with van der Waals surface area (Å²) in [5, 5.41) is 11.3. The summed E-state index contributed by atoms with van der Waals surface area (Å²) in [5.74, 6) is 1.15. The van der Waals surface area contributed by atoms with Crippen molar-refractivity contribution >= 4 is 39.6 Å². The van der Waals surface area contributed by atoms with Gasteiger partial charge in [-0.1, -0.05) is 11.3 Å². The van der Waals surface area contributed by atoms with Gasteiger partial charge in [0, 0.05) is 40.3 Å². The van der Waals surface area contributed by atoms with Gasteiger partial charge in [-0.05, 0) is 24.7 Å². The topological polar surface area (TPSA) is 72.6 Å². The molecule has 4 rings (SSSR count). The van der Waals surface area contributed by atoms with Gasteiger partial charge in [-0.3, -0.25) is 19.9 Å². The van der Waals surface area contributed by atoms with Crippen LogP contribution in [0.25, 0.3) is 0 Å². The molecule has 5 nitrogen and oxygen atoms in total. The molecule has 108 valence electrons. The molecule has 1 aromatic rings. The SMILES string of the molecule is O=C1CCC2=C1C(c1ccc([N+](=O)[O-])s1)C1SCCC1=N2. The molecule has 0 spiro atoms. The molecule has 2 unspecified atom stereocenters. The monoisotopic (exact) mass is 320 g/mol. The van der Waals surface area contributed by atoms with Crippen LogP contribution in [0.5, 0.6) is 0 Å². The van der Waals surface area contributed by atoms with Crippen LogP contribution in [0.4, 0.5) is 5.00 Å². The molecule has 0 radical (unpaired) electrons. The van der Waals surface area contributed by atoms with Gasteiger partial charge in [-0.25, -0.2) is 0 Å². The molecular weight excluding hydrogens is 308 g/mol. The summed E-state index contributed by atoms with van der Waals surface area (Å²) < 4.78 is 0. The number of fused-ring (bicyclic) bond motifs is 1. The van der Waals surface area contributed by atoms with Crippen LogP contribution >= 0.6 is 23.1 Å². The fourth-order valence-electron chi connectivity index (χ4n) is 3.29. The van der Waals surface area contributed by atoms with Crippen molar-refractivity contribution < 1.29 is 9.72 Å². The molecule has 0 bridgehead atoms. The maximum Gasteiger partial charge on any atom is 0.324 e. The van der Waals surface area contributed by atoms with Crippen LogP contribution in [0.2, 0.25) is 0 Å². The number of nitro groups is 1. The molecule has 0 aromatic carbocycles. The molecule has 1 fully saturated rings. The number of ketones is 1. The molecule has 2 aliphatic heterocycles. The second kappa shape index (κ2) is 4.78. The van der Waals surface area contributed by atoms with Gasteiger partial charge in [0.25, 0.3) is 0 Å². The highest BCUT2D eigenvalue weighted by Crippen LogP contribution is 2.50. The first-order valence-corrected chi connectivity index (χ1v) is 8.71. The standard InChI is InChI=1S/C14H12N2O3S2/c17-9-2-1-7-12(9)13(14-8(15-7)5-6-20-14)10-3-4-11(21-10)16(18)19/h3-4,13-14H,1-2,5-6H2. The lowest BCUT2D eigenvalue weighted by Crippen LogP contribution is -2.27. The van der Waals surface area contributed by atoms with E-state index in [1.165, 1.54) is 11.3 Å². The average molecular weight is 320 g/mol. The number of allylic oxidation sites excluding steroid dienone is 2. The second-order valence-corrected chi connectivity index (χ2v) is 7.68.